The summed E-state index contributed by atoms with van der Waals surface area (Å²) < 4.78 is 2.08. The normalized spacial score (nSPS) is 11.5. The Bertz CT molecular complexity index is 818. The molecule has 0 saturated carbocycles. The predicted molar refractivity (Wildman–Crippen MR) is 87.0 cm³/mol. The van der Waals surface area contributed by atoms with Crippen molar-refractivity contribution in [2.75, 3.05) is 0 Å². The largest absolute Gasteiger partial charge is 0.306 e. The minimum atomic E-state index is 0.319. The summed E-state index contributed by atoms with van der Waals surface area (Å²) in [6.45, 7) is 8.36. The van der Waals surface area contributed by atoms with Gasteiger partial charge in [-0.2, -0.15) is 0 Å². The van der Waals surface area contributed by atoms with Gasteiger partial charge in [0.1, 0.15) is 10.8 Å². The lowest BCUT2D eigenvalue weighted by Crippen LogP contribution is -1.98. The molecule has 3 heterocycles. The van der Waals surface area contributed by atoms with E-state index >= 15 is 0 Å². The molecule has 3 aromatic rings. The summed E-state index contributed by atoms with van der Waals surface area (Å²) in [7, 11) is 0. The van der Waals surface area contributed by atoms with Crippen LogP contribution < -0.4 is 0 Å². The maximum Gasteiger partial charge on any atom is 0.139 e. The molecule has 21 heavy (non-hydrogen) atoms. The van der Waals surface area contributed by atoms with Crippen LogP contribution in [0.4, 0.5) is 0 Å². The fourth-order valence-electron chi connectivity index (χ4n) is 2.67. The second-order valence-electron chi connectivity index (χ2n) is 5.75. The van der Waals surface area contributed by atoms with Crippen LogP contribution in [-0.2, 0) is 0 Å². The zero-order chi connectivity index (χ0) is 15.1. The van der Waals surface area contributed by atoms with Crippen molar-refractivity contribution in [1.82, 2.24) is 14.4 Å². The highest BCUT2D eigenvalue weighted by Crippen LogP contribution is 2.30. The van der Waals surface area contributed by atoms with Crippen LogP contribution in [0.2, 0.25) is 5.15 Å². The summed E-state index contributed by atoms with van der Waals surface area (Å²) >= 11 is 6.05. The first-order valence-corrected chi connectivity index (χ1v) is 7.46. The van der Waals surface area contributed by atoms with Gasteiger partial charge in [-0.1, -0.05) is 25.4 Å². The lowest BCUT2D eigenvalue weighted by Gasteiger charge is -2.13. The average molecular weight is 300 g/mol. The van der Waals surface area contributed by atoms with Gasteiger partial charge in [0, 0.05) is 23.5 Å². The molecule has 4 heteroatoms. The number of hydrogen-bond donors (Lipinski definition) is 0. The highest BCUT2D eigenvalue weighted by Gasteiger charge is 2.13. The number of hydrogen-bond acceptors (Lipinski definition) is 2. The van der Waals surface area contributed by atoms with Gasteiger partial charge < -0.3 is 4.40 Å². The lowest BCUT2D eigenvalue weighted by molar-refractivity contribution is 0.825. The van der Waals surface area contributed by atoms with E-state index < -0.39 is 0 Å². The molecule has 0 bridgehead atoms. The number of halogens is 1. The first kappa shape index (κ1) is 14.1. The number of aryl methyl sites for hydroxylation is 2. The van der Waals surface area contributed by atoms with Crippen molar-refractivity contribution < 1.29 is 0 Å². The van der Waals surface area contributed by atoms with Gasteiger partial charge in [0.15, 0.2) is 0 Å². The maximum atomic E-state index is 6.05. The van der Waals surface area contributed by atoms with E-state index in [0.717, 1.165) is 33.7 Å². The van der Waals surface area contributed by atoms with Crippen LogP contribution >= 0.6 is 11.6 Å². The van der Waals surface area contributed by atoms with Crippen molar-refractivity contribution in [2.24, 2.45) is 0 Å². The summed E-state index contributed by atoms with van der Waals surface area (Å²) in [5.74, 6) is 0.319. The molecule has 0 aliphatic heterocycles. The van der Waals surface area contributed by atoms with Crippen LogP contribution in [0.5, 0.6) is 0 Å². The molecule has 0 aromatic carbocycles. The van der Waals surface area contributed by atoms with E-state index in [-0.39, 0.29) is 0 Å². The monoisotopic (exact) mass is 299 g/mol. The summed E-state index contributed by atoms with van der Waals surface area (Å²) in [4.78, 5) is 9.05. The molecule has 3 aromatic heterocycles. The van der Waals surface area contributed by atoms with Gasteiger partial charge in [-0.25, -0.2) is 9.97 Å². The summed E-state index contributed by atoms with van der Waals surface area (Å²) in [5, 5.41) is 0.540. The highest BCUT2D eigenvalue weighted by molar-refractivity contribution is 6.29. The Labute approximate surface area is 129 Å². The first-order chi connectivity index (χ1) is 9.95. The Hall–Kier alpha value is -1.87. The van der Waals surface area contributed by atoms with Crippen LogP contribution in [-0.4, -0.2) is 14.4 Å². The summed E-state index contributed by atoms with van der Waals surface area (Å²) in [5.41, 5.74) is 6.48. The van der Waals surface area contributed by atoms with Crippen LogP contribution in [0, 0.1) is 13.8 Å². The van der Waals surface area contributed by atoms with Crippen LogP contribution in [0.1, 0.15) is 36.7 Å². The topological polar surface area (TPSA) is 30.2 Å². The van der Waals surface area contributed by atoms with Crippen molar-refractivity contribution in [3.05, 3.63) is 52.7 Å². The van der Waals surface area contributed by atoms with Crippen molar-refractivity contribution in [2.45, 2.75) is 33.6 Å². The van der Waals surface area contributed by atoms with Crippen molar-refractivity contribution >= 4 is 17.2 Å². The van der Waals surface area contributed by atoms with Crippen LogP contribution in [0.3, 0.4) is 0 Å². The quantitative estimate of drug-likeness (QED) is 0.637. The van der Waals surface area contributed by atoms with Gasteiger partial charge in [-0.15, -0.1) is 0 Å². The average Bonchev–Trinajstić information content (AvgIpc) is 2.79. The molecule has 0 unspecified atom stereocenters. The third kappa shape index (κ3) is 2.54. The molecular formula is C17H18ClN3. The van der Waals surface area contributed by atoms with E-state index in [2.05, 4.69) is 53.5 Å². The number of rotatable bonds is 2. The van der Waals surface area contributed by atoms with E-state index in [1.807, 2.05) is 19.2 Å². The van der Waals surface area contributed by atoms with E-state index in [9.17, 15) is 0 Å². The Kier molecular flexibility index (Phi) is 3.46. The summed E-state index contributed by atoms with van der Waals surface area (Å²) in [6.07, 6.45) is 4.16. The molecule has 0 atom stereocenters. The zero-order valence-electron chi connectivity index (χ0n) is 12.7. The number of fused-ring (bicyclic) bond motifs is 1. The van der Waals surface area contributed by atoms with Crippen LogP contribution in [0.25, 0.3) is 16.8 Å². The van der Waals surface area contributed by atoms with Gasteiger partial charge >= 0.3 is 0 Å². The molecule has 108 valence electrons. The summed E-state index contributed by atoms with van der Waals surface area (Å²) in [6, 6.07) is 6.06. The Morgan fingerprint density at radius 2 is 1.86 bits per heavy atom. The molecule has 0 spiro atoms. The number of aromatic nitrogens is 3. The minimum Gasteiger partial charge on any atom is -0.306 e. The van der Waals surface area contributed by atoms with Gasteiger partial charge in [-0.3, -0.25) is 0 Å². The Balaban J connectivity index is 2.25. The lowest BCUT2D eigenvalue weighted by atomic mass is 9.98. The molecular weight excluding hydrogens is 282 g/mol. The van der Waals surface area contributed by atoms with E-state index in [1.165, 1.54) is 0 Å². The van der Waals surface area contributed by atoms with Gasteiger partial charge in [0.2, 0.25) is 0 Å². The molecule has 3 rings (SSSR count). The Morgan fingerprint density at radius 3 is 2.57 bits per heavy atom. The van der Waals surface area contributed by atoms with E-state index in [4.69, 9.17) is 11.6 Å². The first-order valence-electron chi connectivity index (χ1n) is 7.08. The SMILES string of the molecule is Cc1cn2cc(-c3ccc(Cl)nc3C(C)C)cc(C)c2n1. The van der Waals surface area contributed by atoms with Crippen molar-refractivity contribution in [3.63, 3.8) is 0 Å². The fourth-order valence-corrected chi connectivity index (χ4v) is 2.83. The van der Waals surface area contributed by atoms with Gasteiger partial charge in [0.25, 0.3) is 0 Å². The molecule has 0 aliphatic rings. The molecule has 0 amide bonds. The predicted octanol–water partition coefficient (Wildman–Crippen LogP) is 4.79. The molecule has 0 fully saturated rings. The second kappa shape index (κ2) is 5.15. The molecule has 0 aliphatic carbocycles. The molecule has 0 N–H and O–H groups in total. The van der Waals surface area contributed by atoms with E-state index in [0.29, 0.717) is 11.1 Å². The maximum absolute atomic E-state index is 6.05. The third-order valence-corrected chi connectivity index (χ3v) is 3.81. The van der Waals surface area contributed by atoms with E-state index in [1.54, 1.807) is 0 Å². The van der Waals surface area contributed by atoms with Crippen molar-refractivity contribution in [1.29, 1.82) is 0 Å². The number of imidazole rings is 1. The van der Waals surface area contributed by atoms with Crippen molar-refractivity contribution in [3.8, 4) is 11.1 Å². The highest BCUT2D eigenvalue weighted by atomic mass is 35.5. The molecule has 0 radical (unpaired) electrons. The van der Waals surface area contributed by atoms with Gasteiger partial charge in [-0.05, 0) is 43.5 Å². The standard InChI is InChI=1S/C17H18ClN3/c1-10(2)16-14(5-6-15(18)20-16)13-7-11(3)17-19-12(4)8-21(17)9-13/h5-10H,1-4H3. The number of nitrogens with zero attached hydrogens (tertiary/aromatic N) is 3. The zero-order valence-corrected chi connectivity index (χ0v) is 13.4. The van der Waals surface area contributed by atoms with Gasteiger partial charge in [0.05, 0.1) is 11.4 Å². The Morgan fingerprint density at radius 1 is 1.10 bits per heavy atom. The fraction of sp³-hybridized carbons (Fsp3) is 0.294. The second-order valence-corrected chi connectivity index (χ2v) is 6.13. The molecule has 3 nitrogen and oxygen atoms in total. The van der Waals surface area contributed by atoms with Crippen LogP contribution in [0.15, 0.2) is 30.6 Å². The minimum absolute atomic E-state index is 0.319. The smallest absolute Gasteiger partial charge is 0.139 e. The number of pyridine rings is 2. The molecule has 0 saturated heterocycles. The third-order valence-electron chi connectivity index (χ3n) is 3.60.